The van der Waals surface area contributed by atoms with Gasteiger partial charge in [-0.3, -0.25) is 4.79 Å². The topological polar surface area (TPSA) is 30.0 Å². The Morgan fingerprint density at radius 1 is 1.62 bits per heavy atom. The van der Waals surface area contributed by atoms with Gasteiger partial charge in [0.1, 0.15) is 5.01 Å². The quantitative estimate of drug-likeness (QED) is 0.804. The minimum atomic E-state index is 0.265. The molecule has 1 aromatic heterocycles. The summed E-state index contributed by atoms with van der Waals surface area (Å²) >= 11 is 1.58. The fourth-order valence-corrected chi connectivity index (χ4v) is 2.72. The van der Waals surface area contributed by atoms with Crippen molar-refractivity contribution in [3.63, 3.8) is 0 Å². The number of aryl methyl sites for hydroxylation is 1. The van der Waals surface area contributed by atoms with Crippen LogP contribution in [0.3, 0.4) is 0 Å². The van der Waals surface area contributed by atoms with Gasteiger partial charge in [0.25, 0.3) is 0 Å². The first kappa shape index (κ1) is 11.5. The number of hydrogen-bond donors (Lipinski definition) is 0. The third-order valence-corrected chi connectivity index (χ3v) is 3.98. The van der Waals surface area contributed by atoms with Crippen LogP contribution in [0.4, 0.5) is 0 Å². The Hall–Kier alpha value is -0.960. The molecule has 0 amide bonds. The van der Waals surface area contributed by atoms with Crippen LogP contribution in [-0.4, -0.2) is 10.8 Å². The largest absolute Gasteiger partial charge is 0.294 e. The summed E-state index contributed by atoms with van der Waals surface area (Å²) in [4.78, 5) is 16.3. The SMILES string of the molecule is Cc1csc(CC(=O)C2=CCC(C)CC2)n1. The molecule has 0 saturated heterocycles. The van der Waals surface area contributed by atoms with Crippen LogP contribution in [0.25, 0.3) is 0 Å². The Morgan fingerprint density at radius 2 is 2.44 bits per heavy atom. The Labute approximate surface area is 100 Å². The molecule has 0 saturated carbocycles. The molecule has 0 fully saturated rings. The monoisotopic (exact) mass is 235 g/mol. The molecule has 2 nitrogen and oxygen atoms in total. The number of nitrogens with zero attached hydrogens (tertiary/aromatic N) is 1. The van der Waals surface area contributed by atoms with Crippen molar-refractivity contribution in [2.24, 2.45) is 5.92 Å². The van der Waals surface area contributed by atoms with Gasteiger partial charge < -0.3 is 0 Å². The molecule has 1 aliphatic rings. The summed E-state index contributed by atoms with van der Waals surface area (Å²) in [5.74, 6) is 1.000. The predicted octanol–water partition coefficient (Wildman–Crippen LogP) is 3.31. The predicted molar refractivity (Wildman–Crippen MR) is 66.7 cm³/mol. The van der Waals surface area contributed by atoms with E-state index in [1.165, 1.54) is 0 Å². The number of carbonyl (C=O) groups is 1. The van der Waals surface area contributed by atoms with E-state index in [1.807, 2.05) is 12.3 Å². The lowest BCUT2D eigenvalue weighted by Crippen LogP contribution is -2.11. The molecule has 1 atom stereocenters. The fraction of sp³-hybridized carbons (Fsp3) is 0.538. The van der Waals surface area contributed by atoms with Crippen molar-refractivity contribution in [3.05, 3.63) is 27.7 Å². The molecular weight excluding hydrogens is 218 g/mol. The van der Waals surface area contributed by atoms with Crippen LogP contribution in [0.15, 0.2) is 17.0 Å². The van der Waals surface area contributed by atoms with Crippen molar-refractivity contribution in [3.8, 4) is 0 Å². The molecule has 16 heavy (non-hydrogen) atoms. The Bertz CT molecular complexity index is 419. The molecule has 3 heteroatoms. The maximum absolute atomic E-state index is 12.0. The maximum atomic E-state index is 12.0. The first-order valence-electron chi connectivity index (χ1n) is 5.78. The van der Waals surface area contributed by atoms with Gasteiger partial charge in [0.2, 0.25) is 0 Å². The highest BCUT2D eigenvalue weighted by molar-refractivity contribution is 7.09. The van der Waals surface area contributed by atoms with Crippen LogP contribution >= 0.6 is 11.3 Å². The summed E-state index contributed by atoms with van der Waals surface area (Å²) in [5, 5.41) is 2.95. The van der Waals surface area contributed by atoms with Crippen LogP contribution in [0, 0.1) is 12.8 Å². The molecule has 0 bridgehead atoms. The van der Waals surface area contributed by atoms with Crippen molar-refractivity contribution in [2.75, 3.05) is 0 Å². The number of thiazole rings is 1. The maximum Gasteiger partial charge on any atom is 0.165 e. The molecule has 2 rings (SSSR count). The number of aromatic nitrogens is 1. The highest BCUT2D eigenvalue weighted by Crippen LogP contribution is 2.24. The molecule has 86 valence electrons. The molecule has 1 aliphatic carbocycles. The lowest BCUT2D eigenvalue weighted by atomic mass is 9.88. The highest BCUT2D eigenvalue weighted by Gasteiger charge is 2.17. The van der Waals surface area contributed by atoms with Crippen molar-refractivity contribution in [1.29, 1.82) is 0 Å². The molecule has 1 heterocycles. The van der Waals surface area contributed by atoms with E-state index in [1.54, 1.807) is 11.3 Å². The normalized spacial score (nSPS) is 20.6. The number of carbonyl (C=O) groups excluding carboxylic acids is 1. The lowest BCUT2D eigenvalue weighted by molar-refractivity contribution is -0.115. The molecule has 0 aliphatic heterocycles. The second kappa shape index (κ2) is 4.91. The van der Waals surface area contributed by atoms with Gasteiger partial charge in [0, 0.05) is 11.1 Å². The van der Waals surface area contributed by atoms with E-state index in [0.717, 1.165) is 41.5 Å². The summed E-state index contributed by atoms with van der Waals surface area (Å²) in [5.41, 5.74) is 2.03. The summed E-state index contributed by atoms with van der Waals surface area (Å²) in [7, 11) is 0. The van der Waals surface area contributed by atoms with Gasteiger partial charge in [-0.2, -0.15) is 0 Å². The number of rotatable bonds is 3. The number of allylic oxidation sites excluding steroid dienone is 2. The average Bonchev–Trinajstić information content (AvgIpc) is 2.65. The zero-order chi connectivity index (χ0) is 11.5. The molecule has 1 aromatic rings. The van der Waals surface area contributed by atoms with Crippen molar-refractivity contribution < 1.29 is 4.79 Å². The lowest BCUT2D eigenvalue weighted by Gasteiger charge is -2.16. The third-order valence-electron chi connectivity index (χ3n) is 3.01. The standard InChI is InChI=1S/C13H17NOS/c1-9-3-5-11(6-4-9)12(15)7-13-14-10(2)8-16-13/h5,8-9H,3-4,6-7H2,1-2H3. The summed E-state index contributed by atoms with van der Waals surface area (Å²) in [6.07, 6.45) is 5.76. The van der Waals surface area contributed by atoms with Crippen LogP contribution in [0.2, 0.25) is 0 Å². The summed E-state index contributed by atoms with van der Waals surface area (Å²) in [6.45, 7) is 4.20. The van der Waals surface area contributed by atoms with E-state index in [0.29, 0.717) is 6.42 Å². The van der Waals surface area contributed by atoms with E-state index in [-0.39, 0.29) is 5.78 Å². The van der Waals surface area contributed by atoms with Crippen molar-refractivity contribution >= 4 is 17.1 Å². The molecule has 0 aromatic carbocycles. The Morgan fingerprint density at radius 3 is 3.00 bits per heavy atom. The van der Waals surface area contributed by atoms with E-state index < -0.39 is 0 Å². The first-order valence-corrected chi connectivity index (χ1v) is 6.66. The van der Waals surface area contributed by atoms with E-state index in [2.05, 4.69) is 18.0 Å². The molecule has 0 N–H and O–H groups in total. The van der Waals surface area contributed by atoms with Gasteiger partial charge in [-0.05, 0) is 37.7 Å². The fourth-order valence-electron chi connectivity index (χ4n) is 1.95. The second-order valence-corrected chi connectivity index (χ2v) is 5.53. The van der Waals surface area contributed by atoms with Crippen molar-refractivity contribution in [2.45, 2.75) is 39.5 Å². The second-order valence-electron chi connectivity index (χ2n) is 4.59. The van der Waals surface area contributed by atoms with Crippen LogP contribution in [0.5, 0.6) is 0 Å². The number of ketones is 1. The summed E-state index contributed by atoms with van der Waals surface area (Å²) < 4.78 is 0. The van der Waals surface area contributed by atoms with Crippen LogP contribution in [-0.2, 0) is 11.2 Å². The molecular formula is C13H17NOS. The van der Waals surface area contributed by atoms with Gasteiger partial charge in [-0.15, -0.1) is 11.3 Å². The van der Waals surface area contributed by atoms with E-state index >= 15 is 0 Å². The van der Waals surface area contributed by atoms with Gasteiger partial charge in [0.05, 0.1) is 6.42 Å². The van der Waals surface area contributed by atoms with Gasteiger partial charge in [0.15, 0.2) is 5.78 Å². The third kappa shape index (κ3) is 2.79. The van der Waals surface area contributed by atoms with Gasteiger partial charge in [-0.25, -0.2) is 4.98 Å². The number of hydrogen-bond acceptors (Lipinski definition) is 3. The first-order chi connectivity index (χ1) is 7.65. The zero-order valence-corrected chi connectivity index (χ0v) is 10.6. The number of Topliss-reactive ketones (excluding diaryl/α,β-unsaturated/α-hetero) is 1. The minimum absolute atomic E-state index is 0.265. The van der Waals surface area contributed by atoms with Gasteiger partial charge in [-0.1, -0.05) is 13.0 Å². The zero-order valence-electron chi connectivity index (χ0n) is 9.82. The van der Waals surface area contributed by atoms with Crippen LogP contribution < -0.4 is 0 Å². The highest BCUT2D eigenvalue weighted by atomic mass is 32.1. The molecule has 0 radical (unpaired) electrons. The smallest absolute Gasteiger partial charge is 0.165 e. The minimum Gasteiger partial charge on any atom is -0.294 e. The van der Waals surface area contributed by atoms with Crippen molar-refractivity contribution in [1.82, 2.24) is 4.98 Å². The molecule has 0 spiro atoms. The van der Waals surface area contributed by atoms with E-state index in [4.69, 9.17) is 0 Å². The van der Waals surface area contributed by atoms with Gasteiger partial charge >= 0.3 is 0 Å². The van der Waals surface area contributed by atoms with Crippen LogP contribution in [0.1, 0.15) is 36.9 Å². The summed E-state index contributed by atoms with van der Waals surface area (Å²) in [6, 6.07) is 0. The average molecular weight is 235 g/mol. The Balaban J connectivity index is 1.98. The van der Waals surface area contributed by atoms with E-state index in [9.17, 15) is 4.79 Å². The Kier molecular flexibility index (Phi) is 3.54. The molecule has 1 unspecified atom stereocenters.